The minimum atomic E-state index is 0.759. The molecule has 1 rings (SSSR count). The Hall–Kier alpha value is -0.260. The van der Waals surface area contributed by atoms with E-state index >= 15 is 0 Å². The molecule has 0 nitrogen and oxygen atoms in total. The summed E-state index contributed by atoms with van der Waals surface area (Å²) < 4.78 is 0. The van der Waals surface area contributed by atoms with Gasteiger partial charge in [-0.3, -0.25) is 0 Å². The summed E-state index contributed by atoms with van der Waals surface area (Å²) in [6, 6.07) is 0. The van der Waals surface area contributed by atoms with Crippen molar-refractivity contribution < 1.29 is 0 Å². The molecule has 2 atom stereocenters. The lowest BCUT2D eigenvalue weighted by molar-refractivity contribution is 0.319. The van der Waals surface area contributed by atoms with Crippen LogP contribution in [-0.2, 0) is 0 Å². The summed E-state index contributed by atoms with van der Waals surface area (Å²) in [7, 11) is 0. The minimum Gasteiger partial charge on any atom is -0.103 e. The second kappa shape index (κ2) is 9.64. The van der Waals surface area contributed by atoms with E-state index in [1.54, 1.807) is 0 Å². The average molecular weight is 279 g/mol. The molecule has 1 fully saturated rings. The predicted octanol–water partition coefficient (Wildman–Crippen LogP) is 7.15. The fourth-order valence-corrected chi connectivity index (χ4v) is 3.56. The molecular formula is C20H38. The molecule has 0 N–H and O–H groups in total. The maximum absolute atomic E-state index is 3.96. The Labute approximate surface area is 128 Å². The number of hydrogen-bond donors (Lipinski definition) is 0. The van der Waals surface area contributed by atoms with E-state index in [1.165, 1.54) is 77.0 Å². The first-order chi connectivity index (χ1) is 9.63. The maximum Gasteiger partial charge on any atom is -0.0325 e. The van der Waals surface area contributed by atoms with Crippen molar-refractivity contribution in [2.24, 2.45) is 17.3 Å². The first-order valence-corrected chi connectivity index (χ1v) is 9.24. The number of hydrogen-bond acceptors (Lipinski definition) is 0. The van der Waals surface area contributed by atoms with Crippen LogP contribution in [0.15, 0.2) is 12.7 Å². The van der Waals surface area contributed by atoms with Gasteiger partial charge in [-0.25, -0.2) is 0 Å². The van der Waals surface area contributed by atoms with Crippen LogP contribution in [-0.4, -0.2) is 0 Å². The zero-order valence-corrected chi connectivity index (χ0v) is 14.4. The summed E-state index contributed by atoms with van der Waals surface area (Å²) >= 11 is 0. The van der Waals surface area contributed by atoms with Gasteiger partial charge in [0.2, 0.25) is 0 Å². The average Bonchev–Trinajstić information content (AvgIpc) is 3.16. The Morgan fingerprint density at radius 2 is 1.80 bits per heavy atom. The third-order valence-electron chi connectivity index (χ3n) is 5.44. The molecule has 0 amide bonds. The van der Waals surface area contributed by atoms with Gasteiger partial charge in [0, 0.05) is 0 Å². The van der Waals surface area contributed by atoms with Gasteiger partial charge in [-0.2, -0.15) is 0 Å². The lowest BCUT2D eigenvalue weighted by atomic mass is 9.84. The molecule has 0 spiro atoms. The molecule has 0 heterocycles. The van der Waals surface area contributed by atoms with Gasteiger partial charge in [-0.15, -0.1) is 6.58 Å². The monoisotopic (exact) mass is 278 g/mol. The molecule has 118 valence electrons. The van der Waals surface area contributed by atoms with Gasteiger partial charge < -0.3 is 0 Å². The fraction of sp³-hybridized carbons (Fsp3) is 0.900. The smallest absolute Gasteiger partial charge is 0.0325 e. The third kappa shape index (κ3) is 7.50. The SMILES string of the molecule is C=CCC(CCCCCC1(C)CC1)CC(CC)CCC. The molecule has 0 aromatic rings. The summed E-state index contributed by atoms with van der Waals surface area (Å²) in [5.74, 6) is 1.86. The van der Waals surface area contributed by atoms with Gasteiger partial charge in [-0.1, -0.05) is 71.8 Å². The van der Waals surface area contributed by atoms with Gasteiger partial charge in [0.25, 0.3) is 0 Å². The summed E-state index contributed by atoms with van der Waals surface area (Å²) in [6.07, 6.45) is 19.2. The lowest BCUT2D eigenvalue weighted by Crippen LogP contribution is -2.08. The van der Waals surface area contributed by atoms with E-state index in [4.69, 9.17) is 0 Å². The molecule has 1 aliphatic rings. The van der Waals surface area contributed by atoms with Crippen LogP contribution in [0.2, 0.25) is 0 Å². The molecule has 0 aromatic carbocycles. The van der Waals surface area contributed by atoms with E-state index in [0.29, 0.717) is 0 Å². The molecule has 1 saturated carbocycles. The standard InChI is InChI=1S/C20H38/c1-5-11-18(7-3)17-19(12-6-2)13-9-8-10-14-20(4)15-16-20/h6,18-19H,2,5,7-17H2,1,3-4H3. The zero-order chi connectivity index (χ0) is 14.8. The molecule has 2 unspecified atom stereocenters. The van der Waals surface area contributed by atoms with Gasteiger partial charge >= 0.3 is 0 Å². The second-order valence-electron chi connectivity index (χ2n) is 7.60. The van der Waals surface area contributed by atoms with Gasteiger partial charge in [0.05, 0.1) is 0 Å². The van der Waals surface area contributed by atoms with Crippen LogP contribution >= 0.6 is 0 Å². The van der Waals surface area contributed by atoms with Crippen molar-refractivity contribution in [3.05, 3.63) is 12.7 Å². The highest BCUT2D eigenvalue weighted by Crippen LogP contribution is 2.49. The van der Waals surface area contributed by atoms with Crippen molar-refractivity contribution in [3.63, 3.8) is 0 Å². The Morgan fingerprint density at radius 3 is 2.35 bits per heavy atom. The summed E-state index contributed by atoms with van der Waals surface area (Å²) in [6.45, 7) is 11.1. The molecule has 0 saturated heterocycles. The summed E-state index contributed by atoms with van der Waals surface area (Å²) in [5, 5.41) is 0. The number of allylic oxidation sites excluding steroid dienone is 1. The first kappa shape index (κ1) is 17.8. The zero-order valence-electron chi connectivity index (χ0n) is 14.4. The lowest BCUT2D eigenvalue weighted by Gasteiger charge is -2.21. The van der Waals surface area contributed by atoms with E-state index in [0.717, 1.165) is 17.3 Å². The van der Waals surface area contributed by atoms with Gasteiger partial charge in [0.1, 0.15) is 0 Å². The Morgan fingerprint density at radius 1 is 1.05 bits per heavy atom. The molecule has 20 heavy (non-hydrogen) atoms. The van der Waals surface area contributed by atoms with Crippen molar-refractivity contribution in [2.45, 2.75) is 97.8 Å². The van der Waals surface area contributed by atoms with Crippen LogP contribution in [0.3, 0.4) is 0 Å². The molecule has 0 radical (unpaired) electrons. The highest BCUT2D eigenvalue weighted by Gasteiger charge is 2.35. The van der Waals surface area contributed by atoms with Crippen LogP contribution in [0.1, 0.15) is 97.8 Å². The van der Waals surface area contributed by atoms with Crippen LogP contribution in [0.5, 0.6) is 0 Å². The quantitative estimate of drug-likeness (QED) is 0.248. The fourth-order valence-electron chi connectivity index (χ4n) is 3.56. The third-order valence-corrected chi connectivity index (χ3v) is 5.44. The van der Waals surface area contributed by atoms with Gasteiger partial charge in [-0.05, 0) is 49.4 Å². The first-order valence-electron chi connectivity index (χ1n) is 9.24. The Kier molecular flexibility index (Phi) is 8.57. The molecule has 0 aromatic heterocycles. The Balaban J connectivity index is 2.14. The van der Waals surface area contributed by atoms with Crippen molar-refractivity contribution >= 4 is 0 Å². The van der Waals surface area contributed by atoms with Gasteiger partial charge in [0.15, 0.2) is 0 Å². The molecule has 0 bridgehead atoms. The van der Waals surface area contributed by atoms with E-state index in [2.05, 4.69) is 33.4 Å². The highest BCUT2D eigenvalue weighted by atomic mass is 14.4. The molecule has 0 aliphatic heterocycles. The van der Waals surface area contributed by atoms with E-state index < -0.39 is 0 Å². The van der Waals surface area contributed by atoms with Crippen molar-refractivity contribution in [2.75, 3.05) is 0 Å². The highest BCUT2D eigenvalue weighted by molar-refractivity contribution is 4.87. The van der Waals surface area contributed by atoms with Crippen molar-refractivity contribution in [3.8, 4) is 0 Å². The normalized spacial score (nSPS) is 19.6. The topological polar surface area (TPSA) is 0 Å². The second-order valence-corrected chi connectivity index (χ2v) is 7.60. The van der Waals surface area contributed by atoms with Crippen molar-refractivity contribution in [1.29, 1.82) is 0 Å². The van der Waals surface area contributed by atoms with E-state index in [-0.39, 0.29) is 0 Å². The molecule has 0 heteroatoms. The van der Waals surface area contributed by atoms with Crippen LogP contribution in [0, 0.1) is 17.3 Å². The number of unbranched alkanes of at least 4 members (excludes halogenated alkanes) is 2. The molecule has 1 aliphatic carbocycles. The maximum atomic E-state index is 3.96. The molecular weight excluding hydrogens is 240 g/mol. The van der Waals surface area contributed by atoms with Crippen LogP contribution in [0.25, 0.3) is 0 Å². The Bertz CT molecular complexity index is 249. The minimum absolute atomic E-state index is 0.759. The van der Waals surface area contributed by atoms with E-state index in [9.17, 15) is 0 Å². The largest absolute Gasteiger partial charge is 0.103 e. The van der Waals surface area contributed by atoms with Crippen molar-refractivity contribution in [1.82, 2.24) is 0 Å². The predicted molar refractivity (Wildman–Crippen MR) is 92.0 cm³/mol. The van der Waals surface area contributed by atoms with Crippen LogP contribution in [0.4, 0.5) is 0 Å². The van der Waals surface area contributed by atoms with Crippen LogP contribution < -0.4 is 0 Å². The number of rotatable bonds is 13. The van der Waals surface area contributed by atoms with E-state index in [1.807, 2.05) is 0 Å². The summed E-state index contributed by atoms with van der Waals surface area (Å²) in [4.78, 5) is 0. The summed E-state index contributed by atoms with van der Waals surface area (Å²) in [5.41, 5.74) is 0.759.